The summed E-state index contributed by atoms with van der Waals surface area (Å²) in [6, 6.07) is 7.19. The van der Waals surface area contributed by atoms with E-state index in [0.29, 0.717) is 19.9 Å². The molecule has 2 rings (SSSR count). The summed E-state index contributed by atoms with van der Waals surface area (Å²) in [6.07, 6.45) is 0. The van der Waals surface area contributed by atoms with Crippen molar-refractivity contribution in [3.8, 4) is 0 Å². The van der Waals surface area contributed by atoms with Gasteiger partial charge in [-0.2, -0.15) is 0 Å². The van der Waals surface area contributed by atoms with E-state index in [2.05, 4.69) is 5.32 Å². The Hall–Kier alpha value is -1.03. The Balaban J connectivity index is 2.27. The molecule has 94 valence electrons. The summed E-state index contributed by atoms with van der Waals surface area (Å²) in [5, 5.41) is 3.36. The number of benzene rings is 1. The lowest BCUT2D eigenvalue weighted by molar-refractivity contribution is 0.103. The smallest absolute Gasteiger partial charge is 0.265 e. The molecule has 0 aliphatic carbocycles. The molecule has 18 heavy (non-hydrogen) atoms. The first-order valence-corrected chi connectivity index (χ1v) is 6.88. The van der Waals surface area contributed by atoms with Gasteiger partial charge in [0.15, 0.2) is 0 Å². The van der Waals surface area contributed by atoms with E-state index in [-0.39, 0.29) is 5.91 Å². The maximum atomic E-state index is 12.0. The third-order valence-electron chi connectivity index (χ3n) is 2.47. The molecule has 1 aromatic carbocycles. The van der Waals surface area contributed by atoms with E-state index in [9.17, 15) is 4.79 Å². The molecular formula is C13H11Cl2NOS. The standard InChI is InChI=1S/C13H11Cl2NOS/c1-7-5-8(2)12(9(14)6-7)16-13(17)10-3-4-11(15)18-10/h3-6H,1-2H3,(H,16,17). The number of anilines is 1. The van der Waals surface area contributed by atoms with Gasteiger partial charge in [-0.05, 0) is 43.2 Å². The fourth-order valence-electron chi connectivity index (χ4n) is 1.69. The fraction of sp³-hybridized carbons (Fsp3) is 0.154. The van der Waals surface area contributed by atoms with Gasteiger partial charge in [0.1, 0.15) is 0 Å². The highest BCUT2D eigenvalue weighted by atomic mass is 35.5. The molecule has 0 saturated carbocycles. The van der Waals surface area contributed by atoms with Crippen molar-refractivity contribution in [2.45, 2.75) is 13.8 Å². The van der Waals surface area contributed by atoms with E-state index in [0.717, 1.165) is 11.1 Å². The van der Waals surface area contributed by atoms with Crippen molar-refractivity contribution in [2.24, 2.45) is 0 Å². The molecule has 1 heterocycles. The minimum atomic E-state index is -0.194. The lowest BCUT2D eigenvalue weighted by atomic mass is 10.1. The fourth-order valence-corrected chi connectivity index (χ4v) is 2.99. The van der Waals surface area contributed by atoms with Gasteiger partial charge in [-0.1, -0.05) is 29.3 Å². The van der Waals surface area contributed by atoms with Crippen molar-refractivity contribution >= 4 is 46.1 Å². The molecule has 0 aliphatic rings. The maximum absolute atomic E-state index is 12.0. The average Bonchev–Trinajstić information content (AvgIpc) is 2.70. The first kappa shape index (κ1) is 13.4. The van der Waals surface area contributed by atoms with Crippen molar-refractivity contribution < 1.29 is 4.79 Å². The molecule has 0 saturated heterocycles. The monoisotopic (exact) mass is 299 g/mol. The predicted octanol–water partition coefficient (Wildman–Crippen LogP) is 4.92. The molecule has 2 aromatic rings. The van der Waals surface area contributed by atoms with Gasteiger partial charge in [0, 0.05) is 0 Å². The molecule has 2 nitrogen and oxygen atoms in total. The molecule has 1 amide bonds. The number of hydrogen-bond acceptors (Lipinski definition) is 2. The van der Waals surface area contributed by atoms with Crippen molar-refractivity contribution in [1.82, 2.24) is 0 Å². The summed E-state index contributed by atoms with van der Waals surface area (Å²) in [6.45, 7) is 3.87. The number of thiophene rings is 1. The molecule has 1 N–H and O–H groups in total. The van der Waals surface area contributed by atoms with Crippen molar-refractivity contribution in [1.29, 1.82) is 0 Å². The van der Waals surface area contributed by atoms with Crippen LogP contribution in [0.25, 0.3) is 0 Å². The summed E-state index contributed by atoms with van der Waals surface area (Å²) in [7, 11) is 0. The Labute approximate surface area is 120 Å². The van der Waals surface area contributed by atoms with Gasteiger partial charge in [0.25, 0.3) is 5.91 Å². The van der Waals surface area contributed by atoms with Crippen LogP contribution in [-0.2, 0) is 0 Å². The number of carbonyl (C=O) groups is 1. The minimum absolute atomic E-state index is 0.194. The third kappa shape index (κ3) is 2.86. The van der Waals surface area contributed by atoms with Crippen LogP contribution < -0.4 is 5.32 Å². The van der Waals surface area contributed by atoms with Gasteiger partial charge in [0.05, 0.1) is 19.9 Å². The van der Waals surface area contributed by atoms with Crippen LogP contribution in [0.15, 0.2) is 24.3 Å². The normalized spacial score (nSPS) is 10.4. The second kappa shape index (κ2) is 5.31. The Bertz CT molecular complexity index is 584. The highest BCUT2D eigenvalue weighted by Gasteiger charge is 2.12. The van der Waals surface area contributed by atoms with Crippen molar-refractivity contribution in [3.05, 3.63) is 49.6 Å². The molecule has 0 aliphatic heterocycles. The molecule has 0 fully saturated rings. The zero-order valence-electron chi connectivity index (χ0n) is 9.88. The van der Waals surface area contributed by atoms with Crippen LogP contribution >= 0.6 is 34.5 Å². The molecule has 0 unspecified atom stereocenters. The van der Waals surface area contributed by atoms with E-state index in [4.69, 9.17) is 23.2 Å². The Morgan fingerprint density at radius 3 is 2.50 bits per heavy atom. The lowest BCUT2D eigenvalue weighted by Crippen LogP contribution is -2.11. The van der Waals surface area contributed by atoms with Crippen LogP contribution in [0.2, 0.25) is 9.36 Å². The summed E-state index contributed by atoms with van der Waals surface area (Å²) in [5.74, 6) is -0.194. The van der Waals surface area contributed by atoms with E-state index in [1.54, 1.807) is 12.1 Å². The Kier molecular flexibility index (Phi) is 3.95. The first-order chi connectivity index (χ1) is 8.47. The molecule has 0 bridgehead atoms. The SMILES string of the molecule is Cc1cc(C)c(NC(=O)c2ccc(Cl)s2)c(Cl)c1. The molecule has 0 radical (unpaired) electrons. The van der Waals surface area contributed by atoms with Gasteiger partial charge in [0.2, 0.25) is 0 Å². The third-order valence-corrected chi connectivity index (χ3v) is 4.00. The van der Waals surface area contributed by atoms with Gasteiger partial charge < -0.3 is 5.32 Å². The summed E-state index contributed by atoms with van der Waals surface area (Å²) in [5.41, 5.74) is 2.66. The van der Waals surface area contributed by atoms with Crippen LogP contribution in [0, 0.1) is 13.8 Å². The molecular weight excluding hydrogens is 289 g/mol. The van der Waals surface area contributed by atoms with Crippen LogP contribution in [0.5, 0.6) is 0 Å². The number of hydrogen-bond donors (Lipinski definition) is 1. The number of halogens is 2. The van der Waals surface area contributed by atoms with E-state index in [1.807, 2.05) is 26.0 Å². The van der Waals surface area contributed by atoms with Gasteiger partial charge in [-0.25, -0.2) is 0 Å². The number of aryl methyl sites for hydroxylation is 2. The van der Waals surface area contributed by atoms with E-state index < -0.39 is 0 Å². The Morgan fingerprint density at radius 1 is 1.22 bits per heavy atom. The topological polar surface area (TPSA) is 29.1 Å². The second-order valence-corrected chi connectivity index (χ2v) is 6.12. The van der Waals surface area contributed by atoms with Crippen LogP contribution in [0.1, 0.15) is 20.8 Å². The highest BCUT2D eigenvalue weighted by molar-refractivity contribution is 7.18. The number of amides is 1. The maximum Gasteiger partial charge on any atom is 0.265 e. The number of nitrogens with one attached hydrogen (secondary N) is 1. The van der Waals surface area contributed by atoms with Crippen LogP contribution in [0.3, 0.4) is 0 Å². The molecule has 0 atom stereocenters. The summed E-state index contributed by atoms with van der Waals surface area (Å²) >= 11 is 13.2. The molecule has 1 aromatic heterocycles. The first-order valence-electron chi connectivity index (χ1n) is 5.31. The molecule has 5 heteroatoms. The quantitative estimate of drug-likeness (QED) is 0.837. The largest absolute Gasteiger partial charge is 0.320 e. The summed E-state index contributed by atoms with van der Waals surface area (Å²) in [4.78, 5) is 12.6. The van der Waals surface area contributed by atoms with Crippen LogP contribution in [-0.4, -0.2) is 5.91 Å². The average molecular weight is 300 g/mol. The lowest BCUT2D eigenvalue weighted by Gasteiger charge is -2.10. The van der Waals surface area contributed by atoms with E-state index >= 15 is 0 Å². The van der Waals surface area contributed by atoms with Crippen molar-refractivity contribution in [3.63, 3.8) is 0 Å². The highest BCUT2D eigenvalue weighted by Crippen LogP contribution is 2.29. The predicted molar refractivity (Wildman–Crippen MR) is 78.2 cm³/mol. The Morgan fingerprint density at radius 2 is 1.94 bits per heavy atom. The molecule has 0 spiro atoms. The van der Waals surface area contributed by atoms with Crippen LogP contribution in [0.4, 0.5) is 5.69 Å². The zero-order valence-corrected chi connectivity index (χ0v) is 12.2. The van der Waals surface area contributed by atoms with Gasteiger partial charge in [-0.15, -0.1) is 11.3 Å². The summed E-state index contributed by atoms with van der Waals surface area (Å²) < 4.78 is 0.590. The number of carbonyl (C=O) groups excluding carboxylic acids is 1. The van der Waals surface area contributed by atoms with Crippen molar-refractivity contribution in [2.75, 3.05) is 5.32 Å². The minimum Gasteiger partial charge on any atom is -0.320 e. The zero-order chi connectivity index (χ0) is 13.3. The van der Waals surface area contributed by atoms with Gasteiger partial charge in [-0.3, -0.25) is 4.79 Å². The number of rotatable bonds is 2. The van der Waals surface area contributed by atoms with E-state index in [1.165, 1.54) is 11.3 Å². The second-order valence-electron chi connectivity index (χ2n) is 4.00. The van der Waals surface area contributed by atoms with Gasteiger partial charge >= 0.3 is 0 Å².